The summed E-state index contributed by atoms with van der Waals surface area (Å²) < 4.78 is 55.8. The zero-order valence-electron chi connectivity index (χ0n) is 21.4. The zero-order chi connectivity index (χ0) is 26.8. The molecule has 4 rings (SSSR count). The van der Waals surface area contributed by atoms with Crippen molar-refractivity contribution in [2.45, 2.75) is 64.5 Å². The number of hydrogen-bond donors (Lipinski definition) is 0. The highest BCUT2D eigenvalue weighted by Gasteiger charge is 2.32. The first-order chi connectivity index (χ1) is 17.4. The molecular weight excluding hydrogens is 485 g/mol. The van der Waals surface area contributed by atoms with Gasteiger partial charge >= 0.3 is 6.18 Å². The number of aromatic nitrogens is 3. The van der Waals surface area contributed by atoms with Crippen molar-refractivity contribution in [2.75, 3.05) is 6.61 Å². The van der Waals surface area contributed by atoms with Crippen LogP contribution in [0.5, 0.6) is 5.75 Å². The molecule has 1 fully saturated rings. The van der Waals surface area contributed by atoms with Crippen LogP contribution in [0, 0.1) is 0 Å². The summed E-state index contributed by atoms with van der Waals surface area (Å²) in [6, 6.07) is 9.87. The van der Waals surface area contributed by atoms with Crippen molar-refractivity contribution in [1.82, 2.24) is 14.3 Å². The molecule has 0 saturated carbocycles. The zero-order valence-corrected chi connectivity index (χ0v) is 21.4. The van der Waals surface area contributed by atoms with E-state index in [1.807, 2.05) is 37.2 Å². The molecule has 1 atom stereocenters. The summed E-state index contributed by atoms with van der Waals surface area (Å²) in [6.45, 7) is 7.27. The molecule has 1 aromatic carbocycles. The van der Waals surface area contributed by atoms with Crippen molar-refractivity contribution in [3.05, 3.63) is 76.7 Å². The standard InChI is InChI=1S/C27H31F3N4O3/c1-26(2,3)23-15-24(34(33(23)4)16-20-9-7-13-36-20)32-25(35)21-14-18(27(28,29)30)10-11-22(21)37-17-19-8-5-6-12-31-19/h5-6,8,10-12,14-15,20H,7,9,13,16-17H2,1-4H3/t20-/m1/s1. The minimum atomic E-state index is -4.62. The second-order valence-electron chi connectivity index (χ2n) is 10.1. The van der Waals surface area contributed by atoms with Gasteiger partial charge in [0.15, 0.2) is 5.49 Å². The largest absolute Gasteiger partial charge is 0.486 e. The minimum Gasteiger partial charge on any atom is -0.486 e. The lowest BCUT2D eigenvalue weighted by Gasteiger charge is -2.21. The molecule has 0 aliphatic carbocycles. The molecule has 1 amide bonds. The number of rotatable bonds is 6. The van der Waals surface area contributed by atoms with E-state index in [1.165, 1.54) is 0 Å². The van der Waals surface area contributed by atoms with Gasteiger partial charge in [0, 0.05) is 37.0 Å². The van der Waals surface area contributed by atoms with Gasteiger partial charge in [-0.2, -0.15) is 18.2 Å². The Morgan fingerprint density at radius 3 is 2.59 bits per heavy atom. The minimum absolute atomic E-state index is 0.00468. The highest BCUT2D eigenvalue weighted by Crippen LogP contribution is 2.33. The Labute approximate surface area is 213 Å². The van der Waals surface area contributed by atoms with E-state index >= 15 is 0 Å². The number of carbonyl (C=O) groups excluding carboxylic acids is 1. The number of benzene rings is 1. The number of alkyl halides is 3. The van der Waals surface area contributed by atoms with Crippen LogP contribution in [0.3, 0.4) is 0 Å². The highest BCUT2D eigenvalue weighted by atomic mass is 19.4. The second-order valence-corrected chi connectivity index (χ2v) is 10.1. The van der Waals surface area contributed by atoms with Crippen LogP contribution in [0.25, 0.3) is 0 Å². The van der Waals surface area contributed by atoms with Crippen LogP contribution in [-0.4, -0.2) is 33.0 Å². The summed E-state index contributed by atoms with van der Waals surface area (Å²) in [5.41, 5.74) is 0.373. The molecule has 0 radical (unpaired) electrons. The predicted molar refractivity (Wildman–Crippen MR) is 131 cm³/mol. The molecule has 2 aromatic heterocycles. The average Bonchev–Trinajstić information content (AvgIpc) is 3.46. The topological polar surface area (TPSA) is 70.6 Å². The van der Waals surface area contributed by atoms with Gasteiger partial charge in [-0.05, 0) is 43.2 Å². The molecule has 3 aromatic rings. The van der Waals surface area contributed by atoms with Gasteiger partial charge in [-0.25, -0.2) is 0 Å². The molecule has 0 unspecified atom stereocenters. The lowest BCUT2D eigenvalue weighted by molar-refractivity contribution is -0.137. The van der Waals surface area contributed by atoms with Crippen molar-refractivity contribution >= 4 is 5.91 Å². The number of carbonyl (C=O) groups is 1. The highest BCUT2D eigenvalue weighted by molar-refractivity contribution is 5.97. The van der Waals surface area contributed by atoms with Crippen molar-refractivity contribution in [1.29, 1.82) is 0 Å². The Balaban J connectivity index is 1.76. The SMILES string of the molecule is Cn1c(C(C)(C)C)cc(=NC(=O)c2cc(C(F)(F)F)ccc2OCc2ccccn2)n1C[C@H]1CCCO1. The quantitative estimate of drug-likeness (QED) is 0.461. The van der Waals surface area contributed by atoms with E-state index in [0.29, 0.717) is 24.3 Å². The molecule has 0 spiro atoms. The predicted octanol–water partition coefficient (Wildman–Crippen LogP) is 5.04. The molecule has 10 heteroatoms. The molecular formula is C27H31F3N4O3. The maximum atomic E-state index is 13.5. The van der Waals surface area contributed by atoms with Gasteiger partial charge in [-0.15, -0.1) is 0 Å². The van der Waals surface area contributed by atoms with Gasteiger partial charge in [0.05, 0.1) is 29.5 Å². The molecule has 7 nitrogen and oxygen atoms in total. The third-order valence-corrected chi connectivity index (χ3v) is 6.27. The van der Waals surface area contributed by atoms with E-state index in [1.54, 1.807) is 30.5 Å². The van der Waals surface area contributed by atoms with Gasteiger partial charge < -0.3 is 9.47 Å². The van der Waals surface area contributed by atoms with Crippen LogP contribution in [0.2, 0.25) is 0 Å². The Hall–Kier alpha value is -3.40. The van der Waals surface area contributed by atoms with E-state index in [9.17, 15) is 18.0 Å². The van der Waals surface area contributed by atoms with Crippen LogP contribution in [-0.2, 0) is 36.5 Å². The summed E-state index contributed by atoms with van der Waals surface area (Å²) >= 11 is 0. The van der Waals surface area contributed by atoms with E-state index in [2.05, 4.69) is 9.98 Å². The molecule has 1 aliphatic heterocycles. The molecule has 0 bridgehead atoms. The van der Waals surface area contributed by atoms with E-state index in [4.69, 9.17) is 9.47 Å². The average molecular weight is 517 g/mol. The Kier molecular flexibility index (Phi) is 7.59. The number of pyridine rings is 1. The lowest BCUT2D eigenvalue weighted by Crippen LogP contribution is -2.30. The molecule has 37 heavy (non-hydrogen) atoms. The third-order valence-electron chi connectivity index (χ3n) is 6.27. The fourth-order valence-corrected chi connectivity index (χ4v) is 4.36. The van der Waals surface area contributed by atoms with Crippen LogP contribution < -0.4 is 10.2 Å². The number of ether oxygens (including phenoxy) is 2. The van der Waals surface area contributed by atoms with Crippen LogP contribution in [0.4, 0.5) is 13.2 Å². The van der Waals surface area contributed by atoms with Crippen LogP contribution >= 0.6 is 0 Å². The first-order valence-corrected chi connectivity index (χ1v) is 12.2. The summed E-state index contributed by atoms with van der Waals surface area (Å²) in [6.07, 6.45) is -1.23. The maximum Gasteiger partial charge on any atom is 0.416 e. The monoisotopic (exact) mass is 516 g/mol. The first kappa shape index (κ1) is 26.7. The summed E-state index contributed by atoms with van der Waals surface area (Å²) in [5, 5.41) is 0. The number of halogens is 3. The number of nitrogens with zero attached hydrogens (tertiary/aromatic N) is 4. The van der Waals surface area contributed by atoms with Gasteiger partial charge in [-0.3, -0.25) is 19.1 Å². The smallest absolute Gasteiger partial charge is 0.416 e. The van der Waals surface area contributed by atoms with E-state index < -0.39 is 17.6 Å². The Morgan fingerprint density at radius 2 is 1.97 bits per heavy atom. The lowest BCUT2D eigenvalue weighted by atomic mass is 9.92. The van der Waals surface area contributed by atoms with Gasteiger partial charge in [0.1, 0.15) is 12.4 Å². The Morgan fingerprint density at radius 1 is 1.19 bits per heavy atom. The third kappa shape index (κ3) is 6.30. The fourth-order valence-electron chi connectivity index (χ4n) is 4.36. The second kappa shape index (κ2) is 10.5. The van der Waals surface area contributed by atoms with Crippen molar-refractivity contribution in [2.24, 2.45) is 12.0 Å². The summed E-state index contributed by atoms with van der Waals surface area (Å²) in [4.78, 5) is 21.8. The number of hydrogen-bond acceptors (Lipinski definition) is 4. The van der Waals surface area contributed by atoms with E-state index in [-0.39, 0.29) is 29.4 Å². The van der Waals surface area contributed by atoms with Gasteiger partial charge in [-0.1, -0.05) is 26.8 Å². The molecule has 198 valence electrons. The fraction of sp³-hybridized carbons (Fsp3) is 0.444. The first-order valence-electron chi connectivity index (χ1n) is 12.2. The number of amides is 1. The molecule has 3 heterocycles. The summed E-state index contributed by atoms with van der Waals surface area (Å²) in [7, 11) is 1.88. The van der Waals surface area contributed by atoms with Crippen LogP contribution in [0.15, 0.2) is 53.7 Å². The van der Waals surface area contributed by atoms with Crippen molar-refractivity contribution < 1.29 is 27.4 Å². The van der Waals surface area contributed by atoms with Gasteiger partial charge in [0.25, 0.3) is 5.91 Å². The molecule has 1 aliphatic rings. The van der Waals surface area contributed by atoms with Gasteiger partial charge in [0.2, 0.25) is 0 Å². The van der Waals surface area contributed by atoms with Crippen molar-refractivity contribution in [3.63, 3.8) is 0 Å². The normalized spacial score (nSPS) is 16.8. The molecule has 0 N–H and O–H groups in total. The van der Waals surface area contributed by atoms with E-state index in [0.717, 1.165) is 36.7 Å². The van der Waals surface area contributed by atoms with Crippen LogP contribution in [0.1, 0.15) is 60.9 Å². The summed E-state index contributed by atoms with van der Waals surface area (Å²) in [5.74, 6) is -0.820. The van der Waals surface area contributed by atoms with Crippen molar-refractivity contribution in [3.8, 4) is 5.75 Å². The molecule has 1 saturated heterocycles. The maximum absolute atomic E-state index is 13.5. The Bertz CT molecular complexity index is 1320.